The predicted octanol–water partition coefficient (Wildman–Crippen LogP) is 3.38. The highest BCUT2D eigenvalue weighted by atomic mass is 32.1. The summed E-state index contributed by atoms with van der Waals surface area (Å²) in [6.07, 6.45) is 2.63. The molecular weight excluding hydrogens is 430 g/mol. The second-order valence-corrected chi connectivity index (χ2v) is 9.64. The molecule has 0 aromatic carbocycles. The van der Waals surface area contributed by atoms with Gasteiger partial charge in [0.1, 0.15) is 5.60 Å². The molecule has 168 valence electrons. The monoisotopic (exact) mass is 455 g/mol. The van der Waals surface area contributed by atoms with Crippen molar-refractivity contribution in [2.75, 3.05) is 13.1 Å². The van der Waals surface area contributed by atoms with E-state index in [2.05, 4.69) is 20.3 Å². The quantitative estimate of drug-likeness (QED) is 0.583. The van der Waals surface area contributed by atoms with Crippen LogP contribution < -0.4 is 5.32 Å². The number of hydrogen-bond donors (Lipinski definition) is 2. The van der Waals surface area contributed by atoms with Gasteiger partial charge in [0, 0.05) is 25.3 Å². The molecule has 10 heteroatoms. The van der Waals surface area contributed by atoms with Crippen LogP contribution in [0.15, 0.2) is 29.8 Å². The van der Waals surface area contributed by atoms with E-state index in [1.54, 1.807) is 23.1 Å². The smallest absolute Gasteiger partial charge is 0.410 e. The van der Waals surface area contributed by atoms with Crippen molar-refractivity contribution < 1.29 is 19.1 Å². The average molecular weight is 456 g/mol. The summed E-state index contributed by atoms with van der Waals surface area (Å²) in [5.74, 6) is -0.416. The number of likely N-dealkylation sites (tertiary alicyclic amines) is 1. The van der Waals surface area contributed by atoms with Crippen LogP contribution in [0.5, 0.6) is 0 Å². The van der Waals surface area contributed by atoms with Crippen molar-refractivity contribution in [2.24, 2.45) is 0 Å². The molecule has 0 radical (unpaired) electrons. The highest BCUT2D eigenvalue weighted by Gasteiger charge is 2.29. The van der Waals surface area contributed by atoms with E-state index in [1.165, 1.54) is 17.5 Å². The van der Waals surface area contributed by atoms with Gasteiger partial charge in [0.2, 0.25) is 5.78 Å². The van der Waals surface area contributed by atoms with E-state index in [4.69, 9.17) is 4.74 Å². The van der Waals surface area contributed by atoms with Crippen molar-refractivity contribution in [3.63, 3.8) is 0 Å². The van der Waals surface area contributed by atoms with E-state index in [0.717, 1.165) is 12.8 Å². The number of ether oxygens (including phenoxy) is 1. The summed E-state index contributed by atoms with van der Waals surface area (Å²) in [6, 6.07) is 4.90. The number of aromatic nitrogens is 3. The maximum atomic E-state index is 13.0. The Bertz CT molecular complexity index is 1150. The zero-order valence-corrected chi connectivity index (χ0v) is 19.0. The first-order chi connectivity index (χ1) is 15.2. The third kappa shape index (κ3) is 4.80. The summed E-state index contributed by atoms with van der Waals surface area (Å²) in [5.41, 5.74) is 0.484. The Labute approximate surface area is 189 Å². The summed E-state index contributed by atoms with van der Waals surface area (Å²) >= 11 is 1.32. The SMILES string of the molecule is CC(C)(C)OC(=O)N1CCC[C@H](NC(=O)c2ccnc3nc(C(=O)c4cccs4)[nH]c23)C1. The molecule has 32 heavy (non-hydrogen) atoms. The number of carbonyl (C=O) groups excluding carboxylic acids is 3. The maximum Gasteiger partial charge on any atom is 0.410 e. The van der Waals surface area contributed by atoms with Gasteiger partial charge in [0.15, 0.2) is 11.5 Å². The standard InChI is InChI=1S/C22H25N5O4S/c1-22(2,3)31-21(30)27-10-4-6-13(12-27)24-20(29)14-8-9-23-18-16(14)25-19(26-18)17(28)15-7-5-11-32-15/h5,7-9,11,13H,4,6,10,12H2,1-3H3,(H,24,29)(H,23,25,26)/t13-/m0/s1. The van der Waals surface area contributed by atoms with Gasteiger partial charge in [-0.2, -0.15) is 0 Å². The van der Waals surface area contributed by atoms with Crippen LogP contribution >= 0.6 is 11.3 Å². The van der Waals surface area contributed by atoms with Crippen LogP contribution in [0.4, 0.5) is 4.79 Å². The summed E-state index contributed by atoms with van der Waals surface area (Å²) in [6.45, 7) is 6.44. The van der Waals surface area contributed by atoms with Gasteiger partial charge in [-0.3, -0.25) is 9.59 Å². The van der Waals surface area contributed by atoms with Gasteiger partial charge in [-0.05, 0) is 51.1 Å². The lowest BCUT2D eigenvalue weighted by Gasteiger charge is -2.34. The van der Waals surface area contributed by atoms with Gasteiger partial charge in [0.25, 0.3) is 5.91 Å². The van der Waals surface area contributed by atoms with Crippen LogP contribution in [0.2, 0.25) is 0 Å². The summed E-state index contributed by atoms with van der Waals surface area (Å²) < 4.78 is 5.45. The Morgan fingerprint density at radius 1 is 1.28 bits per heavy atom. The summed E-state index contributed by atoms with van der Waals surface area (Å²) in [5, 5.41) is 4.81. The zero-order chi connectivity index (χ0) is 22.9. The summed E-state index contributed by atoms with van der Waals surface area (Å²) in [7, 11) is 0. The number of hydrogen-bond acceptors (Lipinski definition) is 7. The molecule has 1 atom stereocenters. The van der Waals surface area contributed by atoms with Crippen molar-refractivity contribution in [2.45, 2.75) is 45.3 Å². The molecule has 0 bridgehead atoms. The maximum absolute atomic E-state index is 13.0. The molecule has 4 rings (SSSR count). The van der Waals surface area contributed by atoms with Crippen LogP contribution in [0.25, 0.3) is 11.2 Å². The fraction of sp³-hybridized carbons (Fsp3) is 0.409. The normalized spacial score (nSPS) is 16.7. The average Bonchev–Trinajstić information content (AvgIpc) is 3.42. The number of aromatic amines is 1. The molecule has 1 aliphatic rings. The molecule has 3 aromatic rings. The fourth-order valence-corrected chi connectivity index (χ4v) is 4.25. The molecule has 2 amide bonds. The van der Waals surface area contributed by atoms with Gasteiger partial charge in [0.05, 0.1) is 16.0 Å². The van der Waals surface area contributed by atoms with Crippen LogP contribution in [-0.4, -0.2) is 62.4 Å². The Hall–Kier alpha value is -3.27. The predicted molar refractivity (Wildman–Crippen MR) is 120 cm³/mol. The van der Waals surface area contributed by atoms with E-state index in [-0.39, 0.29) is 29.6 Å². The number of pyridine rings is 1. The van der Waals surface area contributed by atoms with Gasteiger partial charge >= 0.3 is 6.09 Å². The molecule has 0 spiro atoms. The molecule has 0 saturated carbocycles. The van der Waals surface area contributed by atoms with Crippen molar-refractivity contribution in [1.82, 2.24) is 25.2 Å². The van der Waals surface area contributed by atoms with Crippen molar-refractivity contribution in [3.8, 4) is 0 Å². The highest BCUT2D eigenvalue weighted by molar-refractivity contribution is 7.12. The molecule has 3 aromatic heterocycles. The molecule has 2 N–H and O–H groups in total. The number of carbonyl (C=O) groups is 3. The number of ketones is 1. The molecule has 1 aliphatic heterocycles. The summed E-state index contributed by atoms with van der Waals surface area (Å²) in [4.78, 5) is 51.6. The number of imidazole rings is 1. The number of thiophene rings is 1. The van der Waals surface area contributed by atoms with Gasteiger partial charge in [-0.25, -0.2) is 14.8 Å². The van der Waals surface area contributed by atoms with E-state index >= 15 is 0 Å². The lowest BCUT2D eigenvalue weighted by molar-refractivity contribution is 0.0185. The second kappa shape index (κ2) is 8.70. The Kier molecular flexibility index (Phi) is 5.96. The number of piperidine rings is 1. The minimum atomic E-state index is -0.575. The third-order valence-corrected chi connectivity index (χ3v) is 5.87. The molecule has 9 nitrogen and oxygen atoms in total. The van der Waals surface area contributed by atoms with Gasteiger partial charge in [-0.1, -0.05) is 6.07 Å². The Morgan fingerprint density at radius 3 is 2.81 bits per heavy atom. The second-order valence-electron chi connectivity index (χ2n) is 8.69. The lowest BCUT2D eigenvalue weighted by atomic mass is 10.1. The van der Waals surface area contributed by atoms with Crippen molar-refractivity contribution in [1.29, 1.82) is 0 Å². The van der Waals surface area contributed by atoms with Gasteiger partial charge in [-0.15, -0.1) is 11.3 Å². The number of fused-ring (bicyclic) bond motifs is 1. The number of nitrogens with zero attached hydrogens (tertiary/aromatic N) is 3. The Balaban J connectivity index is 1.49. The zero-order valence-electron chi connectivity index (χ0n) is 18.2. The first-order valence-electron chi connectivity index (χ1n) is 10.4. The highest BCUT2D eigenvalue weighted by Crippen LogP contribution is 2.20. The molecule has 4 heterocycles. The van der Waals surface area contributed by atoms with Crippen LogP contribution in [-0.2, 0) is 4.74 Å². The number of rotatable bonds is 4. The van der Waals surface area contributed by atoms with Crippen molar-refractivity contribution >= 4 is 40.3 Å². The number of nitrogens with one attached hydrogen (secondary N) is 2. The lowest BCUT2D eigenvalue weighted by Crippen LogP contribution is -2.50. The van der Waals surface area contributed by atoms with Gasteiger partial charge < -0.3 is 19.9 Å². The van der Waals surface area contributed by atoms with Crippen LogP contribution in [0.3, 0.4) is 0 Å². The molecule has 1 fully saturated rings. The van der Waals surface area contributed by atoms with Crippen LogP contribution in [0, 0.1) is 0 Å². The first-order valence-corrected chi connectivity index (χ1v) is 11.3. The molecule has 0 aliphatic carbocycles. The van der Waals surface area contributed by atoms with E-state index < -0.39 is 5.60 Å². The molecular formula is C22H25N5O4S. The Morgan fingerprint density at radius 2 is 2.09 bits per heavy atom. The number of amides is 2. The van der Waals surface area contributed by atoms with E-state index in [0.29, 0.717) is 34.7 Å². The third-order valence-electron chi connectivity index (χ3n) is 5.01. The minimum Gasteiger partial charge on any atom is -0.444 e. The molecule has 1 saturated heterocycles. The van der Waals surface area contributed by atoms with Crippen molar-refractivity contribution in [3.05, 3.63) is 46.0 Å². The largest absolute Gasteiger partial charge is 0.444 e. The molecule has 0 unspecified atom stereocenters. The first kappa shape index (κ1) is 21.9. The van der Waals surface area contributed by atoms with E-state index in [9.17, 15) is 14.4 Å². The van der Waals surface area contributed by atoms with E-state index in [1.807, 2.05) is 26.2 Å². The minimum absolute atomic E-state index is 0.143. The van der Waals surface area contributed by atoms with Crippen LogP contribution in [0.1, 0.15) is 59.5 Å². The fourth-order valence-electron chi connectivity index (χ4n) is 3.58. The topological polar surface area (TPSA) is 117 Å². The number of H-pyrrole nitrogens is 1.